The first kappa shape index (κ1) is 25.6. The number of esters is 2. The molecule has 8 heteroatoms. The van der Waals surface area contributed by atoms with Gasteiger partial charge in [0.05, 0.1) is 19.3 Å². The molecule has 0 heterocycles. The van der Waals surface area contributed by atoms with Gasteiger partial charge in [-0.1, -0.05) is 65.2 Å². The number of unbranched alkanes of at least 4 members (excludes halogenated alkanes) is 8. The minimum Gasteiger partial charge on any atom is -0.466 e. The van der Waals surface area contributed by atoms with Crippen molar-refractivity contribution in [3.63, 3.8) is 0 Å². The van der Waals surface area contributed by atoms with Crippen LogP contribution in [0, 0.1) is 0 Å². The zero-order valence-corrected chi connectivity index (χ0v) is 17.3. The maximum Gasteiger partial charge on any atom is 0.332 e. The average molecular weight is 407 g/mol. The summed E-state index contributed by atoms with van der Waals surface area (Å²) in [7, 11) is -4.76. The molecule has 0 aromatic rings. The fourth-order valence-electron chi connectivity index (χ4n) is 2.41. The van der Waals surface area contributed by atoms with Crippen LogP contribution in [0.25, 0.3) is 0 Å². The van der Waals surface area contributed by atoms with Gasteiger partial charge >= 0.3 is 11.9 Å². The molecule has 0 aliphatic heterocycles. The minimum atomic E-state index is -4.76. The third-order valence-electron chi connectivity index (χ3n) is 4.00. The maximum atomic E-state index is 11.7. The average Bonchev–Trinajstić information content (AvgIpc) is 2.60. The molecule has 0 bridgehead atoms. The van der Waals surface area contributed by atoms with Gasteiger partial charge in [0.15, 0.2) is 5.25 Å². The molecule has 0 aromatic heterocycles. The second-order valence-electron chi connectivity index (χ2n) is 6.47. The summed E-state index contributed by atoms with van der Waals surface area (Å²) in [5.74, 6) is -2.06. The molecule has 1 N–H and O–H groups in total. The number of carbonyl (C=O) groups excluding carboxylic acids is 2. The fourth-order valence-corrected chi connectivity index (χ4v) is 3.05. The summed E-state index contributed by atoms with van der Waals surface area (Å²) in [6.07, 6.45) is 12.4. The first-order chi connectivity index (χ1) is 12.8. The van der Waals surface area contributed by atoms with Crippen LogP contribution in [-0.2, 0) is 29.2 Å². The third kappa shape index (κ3) is 14.3. The topological polar surface area (TPSA) is 107 Å². The molecule has 0 aromatic carbocycles. The molecule has 0 spiro atoms. The van der Waals surface area contributed by atoms with E-state index in [1.54, 1.807) is 6.92 Å². The number of hydrogen-bond acceptors (Lipinski definition) is 6. The van der Waals surface area contributed by atoms with Gasteiger partial charge in [0.2, 0.25) is 0 Å². The van der Waals surface area contributed by atoms with Crippen molar-refractivity contribution < 1.29 is 32.0 Å². The van der Waals surface area contributed by atoms with Crippen molar-refractivity contribution in [3.8, 4) is 0 Å². The standard InChI is InChI=1S/C19H34O7S/c1-3-5-7-8-9-10-11-12-13-15-25-18(20)16-17(27(22,23)24)19(21)26-14-6-4-2/h6,14,17H,3-5,7-13,15-16H2,1-2H3,(H,22,23,24)/b14-6+. The molecule has 0 aliphatic rings. The fraction of sp³-hybridized carbons (Fsp3) is 0.789. The lowest BCUT2D eigenvalue weighted by molar-refractivity contribution is -0.147. The Balaban J connectivity index is 4.04. The Morgan fingerprint density at radius 3 is 2.04 bits per heavy atom. The van der Waals surface area contributed by atoms with Gasteiger partial charge in [0.25, 0.3) is 10.1 Å². The van der Waals surface area contributed by atoms with Gasteiger partial charge in [-0.05, 0) is 18.9 Å². The summed E-state index contributed by atoms with van der Waals surface area (Å²) >= 11 is 0. The van der Waals surface area contributed by atoms with Gasteiger partial charge in [0, 0.05) is 0 Å². The van der Waals surface area contributed by atoms with Crippen LogP contribution < -0.4 is 0 Å². The lowest BCUT2D eigenvalue weighted by Crippen LogP contribution is -2.33. The predicted octanol–water partition coefficient (Wildman–Crippen LogP) is 4.17. The van der Waals surface area contributed by atoms with Crippen LogP contribution in [0.1, 0.15) is 84.5 Å². The number of allylic oxidation sites excluding steroid dienone is 1. The zero-order valence-electron chi connectivity index (χ0n) is 16.5. The van der Waals surface area contributed by atoms with E-state index in [1.807, 2.05) is 0 Å². The smallest absolute Gasteiger partial charge is 0.332 e. The predicted molar refractivity (Wildman–Crippen MR) is 104 cm³/mol. The highest BCUT2D eigenvalue weighted by atomic mass is 32.2. The van der Waals surface area contributed by atoms with Crippen molar-refractivity contribution in [2.45, 2.75) is 89.7 Å². The van der Waals surface area contributed by atoms with Gasteiger partial charge in [-0.2, -0.15) is 8.42 Å². The van der Waals surface area contributed by atoms with Gasteiger partial charge in [0.1, 0.15) is 0 Å². The van der Waals surface area contributed by atoms with Crippen LogP contribution in [0.4, 0.5) is 0 Å². The van der Waals surface area contributed by atoms with E-state index in [1.165, 1.54) is 38.2 Å². The molecule has 0 saturated carbocycles. The molecular weight excluding hydrogens is 372 g/mol. The van der Waals surface area contributed by atoms with Crippen LogP contribution in [-0.4, -0.2) is 36.8 Å². The van der Waals surface area contributed by atoms with Gasteiger partial charge in [-0.15, -0.1) is 0 Å². The molecule has 0 saturated heterocycles. The molecule has 158 valence electrons. The molecular formula is C19H34O7S. The molecule has 0 fully saturated rings. The van der Waals surface area contributed by atoms with Crippen molar-refractivity contribution >= 4 is 22.1 Å². The number of carbonyl (C=O) groups is 2. The van der Waals surface area contributed by atoms with Crippen LogP contribution in [0.2, 0.25) is 0 Å². The largest absolute Gasteiger partial charge is 0.466 e. The Hall–Kier alpha value is -1.41. The van der Waals surface area contributed by atoms with E-state index in [9.17, 15) is 18.0 Å². The second-order valence-corrected chi connectivity index (χ2v) is 8.07. The van der Waals surface area contributed by atoms with E-state index in [-0.39, 0.29) is 6.61 Å². The quantitative estimate of drug-likeness (QED) is 0.177. The van der Waals surface area contributed by atoms with Crippen molar-refractivity contribution in [1.29, 1.82) is 0 Å². The van der Waals surface area contributed by atoms with Crippen LogP contribution in [0.5, 0.6) is 0 Å². The Kier molecular flexibility index (Phi) is 14.8. The molecule has 0 rings (SSSR count). The number of hydrogen-bond donors (Lipinski definition) is 1. The first-order valence-electron chi connectivity index (χ1n) is 9.80. The molecule has 7 nitrogen and oxygen atoms in total. The monoisotopic (exact) mass is 406 g/mol. The van der Waals surface area contributed by atoms with E-state index >= 15 is 0 Å². The summed E-state index contributed by atoms with van der Waals surface area (Å²) in [5.41, 5.74) is 0. The van der Waals surface area contributed by atoms with Crippen LogP contribution in [0.15, 0.2) is 12.3 Å². The normalized spacial score (nSPS) is 12.9. The Morgan fingerprint density at radius 1 is 0.963 bits per heavy atom. The highest BCUT2D eigenvalue weighted by molar-refractivity contribution is 7.87. The van der Waals surface area contributed by atoms with Crippen molar-refractivity contribution in [2.24, 2.45) is 0 Å². The summed E-state index contributed by atoms with van der Waals surface area (Å²) < 4.78 is 41.3. The maximum absolute atomic E-state index is 11.7. The highest BCUT2D eigenvalue weighted by Gasteiger charge is 2.35. The molecule has 0 amide bonds. The Bertz CT molecular complexity index is 540. The van der Waals surface area contributed by atoms with E-state index in [0.29, 0.717) is 12.8 Å². The summed E-state index contributed by atoms with van der Waals surface area (Å²) in [4.78, 5) is 23.5. The summed E-state index contributed by atoms with van der Waals surface area (Å²) in [5, 5.41) is -1.98. The van der Waals surface area contributed by atoms with Gasteiger partial charge < -0.3 is 9.47 Å². The lowest BCUT2D eigenvalue weighted by atomic mass is 10.1. The first-order valence-corrected chi connectivity index (χ1v) is 11.3. The van der Waals surface area contributed by atoms with E-state index in [4.69, 9.17) is 9.29 Å². The van der Waals surface area contributed by atoms with Crippen molar-refractivity contribution in [1.82, 2.24) is 0 Å². The van der Waals surface area contributed by atoms with Crippen molar-refractivity contribution in [3.05, 3.63) is 12.3 Å². The van der Waals surface area contributed by atoms with E-state index in [0.717, 1.165) is 25.5 Å². The molecule has 1 unspecified atom stereocenters. The number of ether oxygens (including phenoxy) is 2. The second kappa shape index (κ2) is 15.6. The lowest BCUT2D eigenvalue weighted by Gasteiger charge is -2.11. The zero-order chi connectivity index (χ0) is 20.5. The third-order valence-corrected chi connectivity index (χ3v) is 5.08. The van der Waals surface area contributed by atoms with Crippen LogP contribution in [0.3, 0.4) is 0 Å². The van der Waals surface area contributed by atoms with E-state index in [2.05, 4.69) is 11.7 Å². The Labute approximate surface area is 163 Å². The van der Waals surface area contributed by atoms with Gasteiger partial charge in [-0.25, -0.2) is 0 Å². The molecule has 1 atom stereocenters. The summed E-state index contributed by atoms with van der Waals surface area (Å²) in [6, 6.07) is 0. The molecule has 0 aliphatic carbocycles. The number of rotatable bonds is 16. The van der Waals surface area contributed by atoms with Gasteiger partial charge in [-0.3, -0.25) is 14.1 Å². The van der Waals surface area contributed by atoms with Crippen molar-refractivity contribution in [2.75, 3.05) is 6.61 Å². The molecule has 0 radical (unpaired) electrons. The van der Waals surface area contributed by atoms with E-state index < -0.39 is 33.7 Å². The SMILES string of the molecule is CC/C=C/OC(=O)C(CC(=O)OCCCCCCCCCCC)S(=O)(=O)O. The molecule has 27 heavy (non-hydrogen) atoms. The minimum absolute atomic E-state index is 0.164. The highest BCUT2D eigenvalue weighted by Crippen LogP contribution is 2.11. The Morgan fingerprint density at radius 2 is 1.52 bits per heavy atom. The van der Waals surface area contributed by atoms with Crippen LogP contribution >= 0.6 is 0 Å². The summed E-state index contributed by atoms with van der Waals surface area (Å²) in [6.45, 7) is 4.15.